The first-order chi connectivity index (χ1) is 15.2. The van der Waals surface area contributed by atoms with E-state index in [2.05, 4.69) is 54.1 Å². The maximum atomic E-state index is 12.5. The predicted octanol–water partition coefficient (Wildman–Crippen LogP) is 4.78. The Kier molecular flexibility index (Phi) is 6.15. The standard InChI is InChI=1S/C23H31N5O3Si/c1-23(2,3)32(4,5)30-13-17-11-12-18(31-17)28-15-26-19-20(24-14-25-21(19)28)27-22(29)16-9-7-6-8-10-16/h6-10,14-15,17-18H,11-13H2,1-5H3,(H,24,25,27,29). The number of hydrogen-bond acceptors (Lipinski definition) is 6. The van der Waals surface area contributed by atoms with Gasteiger partial charge in [0.1, 0.15) is 12.6 Å². The summed E-state index contributed by atoms with van der Waals surface area (Å²) in [6.07, 6.45) is 4.80. The summed E-state index contributed by atoms with van der Waals surface area (Å²) in [7, 11) is -1.82. The molecule has 32 heavy (non-hydrogen) atoms. The van der Waals surface area contributed by atoms with Crippen molar-refractivity contribution >= 4 is 31.2 Å². The number of anilines is 1. The van der Waals surface area contributed by atoms with E-state index in [1.165, 1.54) is 6.33 Å². The molecule has 9 heteroatoms. The van der Waals surface area contributed by atoms with Crippen molar-refractivity contribution in [2.75, 3.05) is 11.9 Å². The number of ether oxygens (including phenoxy) is 1. The van der Waals surface area contributed by atoms with Crippen molar-refractivity contribution in [2.24, 2.45) is 0 Å². The van der Waals surface area contributed by atoms with Crippen molar-refractivity contribution in [3.63, 3.8) is 0 Å². The summed E-state index contributed by atoms with van der Waals surface area (Å²) in [6, 6.07) is 9.02. The molecule has 1 N–H and O–H groups in total. The summed E-state index contributed by atoms with van der Waals surface area (Å²) in [5.41, 5.74) is 1.74. The molecule has 0 radical (unpaired) electrons. The van der Waals surface area contributed by atoms with Gasteiger partial charge in [0.25, 0.3) is 5.91 Å². The van der Waals surface area contributed by atoms with Crippen LogP contribution < -0.4 is 5.32 Å². The van der Waals surface area contributed by atoms with Gasteiger partial charge in [0.05, 0.1) is 19.0 Å². The maximum absolute atomic E-state index is 12.5. The largest absolute Gasteiger partial charge is 0.414 e. The van der Waals surface area contributed by atoms with E-state index in [9.17, 15) is 4.79 Å². The van der Waals surface area contributed by atoms with E-state index in [4.69, 9.17) is 9.16 Å². The number of nitrogens with one attached hydrogen (secondary N) is 1. The summed E-state index contributed by atoms with van der Waals surface area (Å²) in [5, 5.41) is 3.01. The van der Waals surface area contributed by atoms with Gasteiger partial charge >= 0.3 is 0 Å². The van der Waals surface area contributed by atoms with Gasteiger partial charge in [-0.25, -0.2) is 15.0 Å². The molecule has 4 rings (SSSR count). The number of carbonyl (C=O) groups is 1. The molecule has 1 aromatic carbocycles. The fourth-order valence-corrected chi connectivity index (χ4v) is 4.49. The number of imidazole rings is 1. The molecule has 0 saturated carbocycles. The first-order valence-corrected chi connectivity index (χ1v) is 13.9. The van der Waals surface area contributed by atoms with Gasteiger partial charge in [-0.2, -0.15) is 0 Å². The van der Waals surface area contributed by atoms with E-state index in [1.54, 1.807) is 18.5 Å². The highest BCUT2D eigenvalue weighted by atomic mass is 28.4. The number of benzene rings is 1. The average molecular weight is 454 g/mol. The van der Waals surface area contributed by atoms with E-state index in [0.29, 0.717) is 29.2 Å². The summed E-state index contributed by atoms with van der Waals surface area (Å²) in [6.45, 7) is 11.8. The van der Waals surface area contributed by atoms with Gasteiger partial charge in [-0.1, -0.05) is 39.0 Å². The predicted molar refractivity (Wildman–Crippen MR) is 126 cm³/mol. The highest BCUT2D eigenvalue weighted by Gasteiger charge is 2.38. The third kappa shape index (κ3) is 4.60. The second-order valence-electron chi connectivity index (χ2n) is 9.73. The van der Waals surface area contributed by atoms with Crippen molar-refractivity contribution in [3.05, 3.63) is 48.5 Å². The number of aromatic nitrogens is 4. The van der Waals surface area contributed by atoms with Crippen LogP contribution in [-0.2, 0) is 9.16 Å². The van der Waals surface area contributed by atoms with Crippen LogP contribution in [0.2, 0.25) is 18.1 Å². The van der Waals surface area contributed by atoms with Crippen molar-refractivity contribution in [1.29, 1.82) is 0 Å². The smallest absolute Gasteiger partial charge is 0.256 e. The molecule has 3 aromatic rings. The summed E-state index contributed by atoms with van der Waals surface area (Å²) < 4.78 is 14.6. The molecular weight excluding hydrogens is 422 g/mol. The summed E-state index contributed by atoms with van der Waals surface area (Å²) >= 11 is 0. The van der Waals surface area contributed by atoms with Gasteiger partial charge in [0.15, 0.2) is 25.3 Å². The third-order valence-electron chi connectivity index (χ3n) is 6.46. The zero-order valence-electron chi connectivity index (χ0n) is 19.3. The second-order valence-corrected chi connectivity index (χ2v) is 14.5. The summed E-state index contributed by atoms with van der Waals surface area (Å²) in [4.78, 5) is 25.7. The molecule has 1 aliphatic heterocycles. The number of amides is 1. The minimum absolute atomic E-state index is 0.0469. The fourth-order valence-electron chi connectivity index (χ4n) is 3.46. The van der Waals surface area contributed by atoms with Crippen LogP contribution in [0.5, 0.6) is 0 Å². The first kappa shape index (κ1) is 22.6. The molecule has 0 spiro atoms. The summed E-state index contributed by atoms with van der Waals surface area (Å²) in [5.74, 6) is 0.151. The van der Waals surface area contributed by atoms with Gasteiger partial charge in [0, 0.05) is 5.56 Å². The Morgan fingerprint density at radius 1 is 1.19 bits per heavy atom. The van der Waals surface area contributed by atoms with Gasteiger partial charge in [0.2, 0.25) is 0 Å². The van der Waals surface area contributed by atoms with Crippen LogP contribution in [0.25, 0.3) is 11.2 Å². The molecule has 0 aliphatic carbocycles. The quantitative estimate of drug-likeness (QED) is 0.540. The molecule has 1 fully saturated rings. The van der Waals surface area contributed by atoms with E-state index >= 15 is 0 Å². The van der Waals surface area contributed by atoms with Crippen LogP contribution in [0.4, 0.5) is 5.82 Å². The van der Waals surface area contributed by atoms with Crippen LogP contribution in [0, 0.1) is 0 Å². The van der Waals surface area contributed by atoms with Crippen LogP contribution in [-0.4, -0.2) is 46.5 Å². The van der Waals surface area contributed by atoms with Crippen molar-refractivity contribution in [3.8, 4) is 0 Å². The number of rotatable bonds is 6. The zero-order chi connectivity index (χ0) is 22.9. The van der Waals surface area contributed by atoms with E-state index < -0.39 is 8.32 Å². The Balaban J connectivity index is 1.46. The molecule has 170 valence electrons. The molecule has 0 bridgehead atoms. The molecule has 2 atom stereocenters. The molecule has 8 nitrogen and oxygen atoms in total. The second kappa shape index (κ2) is 8.72. The van der Waals surface area contributed by atoms with Gasteiger partial charge < -0.3 is 14.5 Å². The van der Waals surface area contributed by atoms with Gasteiger partial charge in [-0.3, -0.25) is 9.36 Å². The Hall–Kier alpha value is -2.62. The molecule has 1 saturated heterocycles. The van der Waals surface area contributed by atoms with Crippen LogP contribution in [0.1, 0.15) is 50.2 Å². The monoisotopic (exact) mass is 453 g/mol. The average Bonchev–Trinajstić information content (AvgIpc) is 3.39. The third-order valence-corrected chi connectivity index (χ3v) is 11.0. The highest BCUT2D eigenvalue weighted by Crippen LogP contribution is 2.38. The molecule has 2 aromatic heterocycles. The molecular formula is C23H31N5O3Si. The van der Waals surface area contributed by atoms with E-state index in [-0.39, 0.29) is 23.3 Å². The van der Waals surface area contributed by atoms with Gasteiger partial charge in [-0.15, -0.1) is 0 Å². The minimum atomic E-state index is -1.82. The topological polar surface area (TPSA) is 91.2 Å². The minimum Gasteiger partial charge on any atom is -0.414 e. The highest BCUT2D eigenvalue weighted by molar-refractivity contribution is 6.74. The van der Waals surface area contributed by atoms with E-state index in [1.807, 2.05) is 22.8 Å². The molecule has 1 amide bonds. The lowest BCUT2D eigenvalue weighted by Crippen LogP contribution is -2.42. The van der Waals surface area contributed by atoms with Crippen molar-refractivity contribution in [2.45, 2.75) is 64.1 Å². The SMILES string of the molecule is CC(C)(C)[Si](C)(C)OCC1CCC(n2cnc3c(NC(=O)c4ccccc4)ncnc32)O1. The Labute approximate surface area is 189 Å². The van der Waals surface area contributed by atoms with Gasteiger partial charge in [-0.05, 0) is 43.1 Å². The number of hydrogen-bond donors (Lipinski definition) is 1. The lowest BCUT2D eigenvalue weighted by atomic mass is 10.2. The first-order valence-electron chi connectivity index (χ1n) is 11.0. The lowest BCUT2D eigenvalue weighted by molar-refractivity contribution is -0.0182. The number of nitrogens with zero attached hydrogens (tertiary/aromatic N) is 4. The molecule has 3 heterocycles. The molecule has 1 aliphatic rings. The van der Waals surface area contributed by atoms with Crippen molar-refractivity contribution in [1.82, 2.24) is 19.5 Å². The van der Waals surface area contributed by atoms with E-state index in [0.717, 1.165) is 12.8 Å². The van der Waals surface area contributed by atoms with Crippen LogP contribution in [0.3, 0.4) is 0 Å². The maximum Gasteiger partial charge on any atom is 0.256 e. The Bertz CT molecular complexity index is 1090. The number of carbonyl (C=O) groups excluding carboxylic acids is 1. The fraction of sp³-hybridized carbons (Fsp3) is 0.478. The van der Waals surface area contributed by atoms with Crippen LogP contribution >= 0.6 is 0 Å². The zero-order valence-corrected chi connectivity index (χ0v) is 20.3. The molecule has 2 unspecified atom stereocenters. The van der Waals surface area contributed by atoms with Crippen molar-refractivity contribution < 1.29 is 14.0 Å². The number of fused-ring (bicyclic) bond motifs is 1. The lowest BCUT2D eigenvalue weighted by Gasteiger charge is -2.36. The normalized spacial score (nSPS) is 19.4. The Morgan fingerprint density at radius 3 is 2.66 bits per heavy atom. The van der Waals surface area contributed by atoms with Crippen LogP contribution in [0.15, 0.2) is 43.0 Å². The Morgan fingerprint density at radius 2 is 1.94 bits per heavy atom.